The van der Waals surface area contributed by atoms with Crippen molar-refractivity contribution in [2.24, 2.45) is 0 Å². The van der Waals surface area contributed by atoms with Crippen LogP contribution in [0.1, 0.15) is 24.2 Å². The summed E-state index contributed by atoms with van der Waals surface area (Å²) in [4.78, 5) is 21.0. The van der Waals surface area contributed by atoms with Crippen molar-refractivity contribution < 1.29 is 13.9 Å². The lowest BCUT2D eigenvalue weighted by Gasteiger charge is -2.43. The summed E-state index contributed by atoms with van der Waals surface area (Å²) < 4.78 is 10.8. The number of aromatic nitrogens is 1. The summed E-state index contributed by atoms with van der Waals surface area (Å²) in [6.07, 6.45) is 1.93. The first-order chi connectivity index (χ1) is 11.5. The van der Waals surface area contributed by atoms with Gasteiger partial charge in [0.25, 0.3) is 6.01 Å². The topological polar surface area (TPSA) is 58.8 Å². The number of para-hydroxylation sites is 1. The van der Waals surface area contributed by atoms with Crippen molar-refractivity contribution in [1.29, 1.82) is 0 Å². The molecule has 6 heteroatoms. The number of rotatable bonds is 4. The molecule has 1 aromatic carbocycles. The summed E-state index contributed by atoms with van der Waals surface area (Å²) >= 11 is 0. The van der Waals surface area contributed by atoms with Crippen LogP contribution in [0.15, 0.2) is 35.3 Å². The highest BCUT2D eigenvalue weighted by Gasteiger charge is 2.31. The second-order valence-corrected chi connectivity index (χ2v) is 6.23. The fraction of sp³-hybridized carbons (Fsp3) is 0.444. The Balaban J connectivity index is 1.92. The van der Waals surface area contributed by atoms with E-state index in [4.69, 9.17) is 9.15 Å². The molecule has 0 radical (unpaired) electrons. The molecule has 0 aliphatic carbocycles. The molecule has 0 N–H and O–H groups in total. The van der Waals surface area contributed by atoms with Gasteiger partial charge < -0.3 is 14.1 Å². The quantitative estimate of drug-likeness (QED) is 0.635. The van der Waals surface area contributed by atoms with Crippen LogP contribution >= 0.6 is 0 Å². The third-order valence-corrected chi connectivity index (χ3v) is 4.54. The molecule has 0 saturated carbocycles. The Hall–Kier alpha value is -2.34. The first-order valence-electron chi connectivity index (χ1n) is 8.14. The molecule has 0 bridgehead atoms. The number of methoxy groups -OCH3 is 1. The predicted octanol–water partition coefficient (Wildman–Crippen LogP) is 2.70. The summed E-state index contributed by atoms with van der Waals surface area (Å²) in [6.45, 7) is 10.8. The molecular formula is C18H23N3O3. The van der Waals surface area contributed by atoms with E-state index in [-0.39, 0.29) is 6.04 Å². The van der Waals surface area contributed by atoms with Crippen LogP contribution < -0.4 is 4.90 Å². The highest BCUT2D eigenvalue weighted by Crippen LogP contribution is 2.28. The van der Waals surface area contributed by atoms with Crippen LogP contribution in [-0.4, -0.2) is 54.7 Å². The molecule has 1 aliphatic rings. The van der Waals surface area contributed by atoms with Gasteiger partial charge in [0, 0.05) is 31.7 Å². The van der Waals surface area contributed by atoms with Gasteiger partial charge in [-0.25, -0.2) is 4.79 Å². The fourth-order valence-electron chi connectivity index (χ4n) is 3.22. The Morgan fingerprint density at radius 2 is 2.21 bits per heavy atom. The zero-order valence-electron chi connectivity index (χ0n) is 14.4. The largest absolute Gasteiger partial charge is 0.465 e. The van der Waals surface area contributed by atoms with Gasteiger partial charge in [0.2, 0.25) is 0 Å². The van der Waals surface area contributed by atoms with Gasteiger partial charge in [0.15, 0.2) is 5.58 Å². The first kappa shape index (κ1) is 16.5. The van der Waals surface area contributed by atoms with Gasteiger partial charge in [0.05, 0.1) is 12.7 Å². The number of anilines is 1. The summed E-state index contributed by atoms with van der Waals surface area (Å²) in [7, 11) is 1.37. The molecule has 6 nitrogen and oxygen atoms in total. The monoisotopic (exact) mass is 329 g/mol. The van der Waals surface area contributed by atoms with Gasteiger partial charge in [0.1, 0.15) is 5.52 Å². The number of carbonyl (C=O) groups excluding carboxylic acids is 1. The summed E-state index contributed by atoms with van der Waals surface area (Å²) in [5.41, 5.74) is 1.57. The SMILES string of the molecule is C=CCN1CC(C)N(c2nc3c(C(=O)OC)cccc3o2)CC1C. The summed E-state index contributed by atoms with van der Waals surface area (Å²) in [5.74, 6) is -0.405. The third-order valence-electron chi connectivity index (χ3n) is 4.54. The maximum absolute atomic E-state index is 11.9. The highest BCUT2D eigenvalue weighted by atomic mass is 16.5. The molecule has 1 fully saturated rings. The lowest BCUT2D eigenvalue weighted by Crippen LogP contribution is -2.56. The lowest BCUT2D eigenvalue weighted by molar-refractivity contribution is 0.0602. The minimum Gasteiger partial charge on any atom is -0.465 e. The van der Waals surface area contributed by atoms with Gasteiger partial charge in [-0.05, 0) is 26.0 Å². The van der Waals surface area contributed by atoms with Gasteiger partial charge in [-0.3, -0.25) is 4.90 Å². The summed E-state index contributed by atoms with van der Waals surface area (Å²) in [5, 5.41) is 0. The highest BCUT2D eigenvalue weighted by molar-refractivity contribution is 6.01. The second kappa shape index (κ2) is 6.65. The molecular weight excluding hydrogens is 306 g/mol. The lowest BCUT2D eigenvalue weighted by atomic mass is 10.1. The van der Waals surface area contributed by atoms with Gasteiger partial charge >= 0.3 is 5.97 Å². The van der Waals surface area contributed by atoms with Gasteiger partial charge in [-0.15, -0.1) is 6.58 Å². The van der Waals surface area contributed by atoms with E-state index in [0.717, 1.165) is 19.6 Å². The third kappa shape index (κ3) is 2.89. The Bertz CT molecular complexity index is 755. The van der Waals surface area contributed by atoms with Crippen LogP contribution in [0.3, 0.4) is 0 Å². The molecule has 2 aromatic rings. The van der Waals surface area contributed by atoms with Crippen molar-refractivity contribution in [1.82, 2.24) is 9.88 Å². The molecule has 1 aliphatic heterocycles. The fourth-order valence-corrected chi connectivity index (χ4v) is 3.22. The molecule has 2 atom stereocenters. The second-order valence-electron chi connectivity index (χ2n) is 6.23. The average molecular weight is 329 g/mol. The molecule has 1 saturated heterocycles. The Morgan fingerprint density at radius 3 is 2.92 bits per heavy atom. The number of nitrogens with zero attached hydrogens (tertiary/aromatic N) is 3. The maximum Gasteiger partial charge on any atom is 0.340 e. The first-order valence-corrected chi connectivity index (χ1v) is 8.14. The van der Waals surface area contributed by atoms with Crippen molar-refractivity contribution in [2.75, 3.05) is 31.6 Å². The van der Waals surface area contributed by atoms with Crippen molar-refractivity contribution in [3.8, 4) is 0 Å². The normalized spacial score (nSPS) is 21.9. The van der Waals surface area contributed by atoms with Crippen LogP contribution in [0.25, 0.3) is 11.1 Å². The maximum atomic E-state index is 11.9. The Kier molecular flexibility index (Phi) is 4.57. The van der Waals surface area contributed by atoms with E-state index in [1.807, 2.05) is 12.1 Å². The molecule has 2 unspecified atom stereocenters. The van der Waals surface area contributed by atoms with Crippen LogP contribution in [0.4, 0.5) is 6.01 Å². The van der Waals surface area contributed by atoms with E-state index >= 15 is 0 Å². The number of carbonyl (C=O) groups is 1. The molecule has 0 amide bonds. The average Bonchev–Trinajstić information content (AvgIpc) is 3.01. The van der Waals surface area contributed by atoms with Crippen molar-refractivity contribution in [3.63, 3.8) is 0 Å². The van der Waals surface area contributed by atoms with Crippen molar-refractivity contribution >= 4 is 23.1 Å². The standard InChI is InChI=1S/C18H23N3O3/c1-5-9-20-10-13(3)21(11-12(20)2)18-19-16-14(17(22)23-4)7-6-8-15(16)24-18/h5-8,12-13H,1,9-11H2,2-4H3. The number of ether oxygens (including phenoxy) is 1. The van der Waals surface area contributed by atoms with Crippen LogP contribution in [0.2, 0.25) is 0 Å². The van der Waals surface area contributed by atoms with Crippen molar-refractivity contribution in [3.05, 3.63) is 36.4 Å². The number of benzene rings is 1. The molecule has 128 valence electrons. The van der Waals surface area contributed by atoms with Crippen molar-refractivity contribution in [2.45, 2.75) is 25.9 Å². The number of piperazine rings is 1. The Labute approximate surface area is 141 Å². The number of oxazole rings is 1. The van der Waals surface area contributed by atoms with Crippen LogP contribution in [0, 0.1) is 0 Å². The van der Waals surface area contributed by atoms with Gasteiger partial charge in [-0.1, -0.05) is 12.1 Å². The minimum atomic E-state index is -0.405. The predicted molar refractivity (Wildman–Crippen MR) is 93.4 cm³/mol. The number of fused-ring (bicyclic) bond motifs is 1. The molecule has 2 heterocycles. The molecule has 24 heavy (non-hydrogen) atoms. The van der Waals surface area contributed by atoms with E-state index in [1.165, 1.54) is 7.11 Å². The number of esters is 1. The summed E-state index contributed by atoms with van der Waals surface area (Å²) in [6, 6.07) is 6.48. The van der Waals surface area contributed by atoms with Crippen LogP contribution in [0.5, 0.6) is 0 Å². The molecule has 1 aromatic heterocycles. The van der Waals surface area contributed by atoms with E-state index in [0.29, 0.717) is 28.7 Å². The van der Waals surface area contributed by atoms with Crippen LogP contribution in [-0.2, 0) is 4.74 Å². The molecule has 3 rings (SSSR count). The van der Waals surface area contributed by atoms with E-state index in [1.54, 1.807) is 12.1 Å². The van der Waals surface area contributed by atoms with E-state index in [9.17, 15) is 4.79 Å². The van der Waals surface area contributed by atoms with E-state index in [2.05, 4.69) is 35.2 Å². The Morgan fingerprint density at radius 1 is 1.42 bits per heavy atom. The minimum absolute atomic E-state index is 0.260. The smallest absolute Gasteiger partial charge is 0.340 e. The van der Waals surface area contributed by atoms with E-state index < -0.39 is 5.97 Å². The number of hydrogen-bond donors (Lipinski definition) is 0. The number of hydrogen-bond acceptors (Lipinski definition) is 6. The zero-order chi connectivity index (χ0) is 17.3. The zero-order valence-corrected chi connectivity index (χ0v) is 14.4. The van der Waals surface area contributed by atoms with Gasteiger partial charge in [-0.2, -0.15) is 4.98 Å². The molecule has 0 spiro atoms.